The molecule has 1 saturated carbocycles. The number of anilines is 1. The van der Waals surface area contributed by atoms with Gasteiger partial charge in [0.15, 0.2) is 23.9 Å². The van der Waals surface area contributed by atoms with Crippen LogP contribution in [0.15, 0.2) is 36.4 Å². The molecule has 1 aromatic heterocycles. The predicted octanol–water partition coefficient (Wildman–Crippen LogP) is 4.16. The Morgan fingerprint density at radius 2 is 1.62 bits per heavy atom. The van der Waals surface area contributed by atoms with Gasteiger partial charge in [-0.05, 0) is 49.3 Å². The van der Waals surface area contributed by atoms with Gasteiger partial charge in [-0.15, -0.1) is 10.2 Å². The average Bonchev–Trinajstić information content (AvgIpc) is 3.33. The smallest absolute Gasteiger partial charge is 0.359 e. The largest absolute Gasteiger partial charge is 0.453 e. The summed E-state index contributed by atoms with van der Waals surface area (Å²) in [4.78, 5) is 26.7. The molecule has 29 heavy (non-hydrogen) atoms. The van der Waals surface area contributed by atoms with Crippen molar-refractivity contribution < 1.29 is 14.3 Å². The third-order valence-corrected chi connectivity index (χ3v) is 5.93. The lowest BCUT2D eigenvalue weighted by atomic mass is 9.84. The van der Waals surface area contributed by atoms with Crippen molar-refractivity contribution >= 4 is 17.6 Å². The summed E-state index contributed by atoms with van der Waals surface area (Å²) in [6.07, 6.45) is 8.63. The molecule has 2 aromatic rings. The Hall–Kier alpha value is -2.76. The molecule has 0 unspecified atom stereocenters. The summed E-state index contributed by atoms with van der Waals surface area (Å²) in [6.45, 7) is 1.64. The SMILES string of the molecule is O=C(COC(=O)c1ccc(N2CCCC2)nn1)c1ccc(C2CCCCC2)cc1. The van der Waals surface area contributed by atoms with E-state index < -0.39 is 5.97 Å². The minimum Gasteiger partial charge on any atom is -0.453 e. The molecular formula is C23H27N3O3. The fraction of sp³-hybridized carbons (Fsp3) is 0.478. The van der Waals surface area contributed by atoms with E-state index in [1.807, 2.05) is 24.3 Å². The Labute approximate surface area is 171 Å². The number of ether oxygens (including phenoxy) is 1. The summed E-state index contributed by atoms with van der Waals surface area (Å²) in [5.74, 6) is 0.536. The summed E-state index contributed by atoms with van der Waals surface area (Å²) in [7, 11) is 0. The van der Waals surface area contributed by atoms with Gasteiger partial charge in [0.05, 0.1) is 0 Å². The number of hydrogen-bond donors (Lipinski definition) is 0. The molecule has 0 N–H and O–H groups in total. The van der Waals surface area contributed by atoms with E-state index in [0.717, 1.165) is 31.7 Å². The van der Waals surface area contributed by atoms with Gasteiger partial charge in [0, 0.05) is 18.7 Å². The van der Waals surface area contributed by atoms with Crippen LogP contribution in [0.4, 0.5) is 5.82 Å². The van der Waals surface area contributed by atoms with Crippen LogP contribution < -0.4 is 4.90 Å². The first kappa shape index (κ1) is 19.6. The van der Waals surface area contributed by atoms with Crippen molar-refractivity contribution in [1.82, 2.24) is 10.2 Å². The van der Waals surface area contributed by atoms with Crippen LogP contribution in [0, 0.1) is 0 Å². The highest BCUT2D eigenvalue weighted by atomic mass is 16.5. The normalized spacial score (nSPS) is 17.3. The van der Waals surface area contributed by atoms with E-state index in [-0.39, 0.29) is 18.1 Å². The van der Waals surface area contributed by atoms with E-state index in [0.29, 0.717) is 11.5 Å². The van der Waals surface area contributed by atoms with Gasteiger partial charge in [0.2, 0.25) is 0 Å². The van der Waals surface area contributed by atoms with Crippen LogP contribution >= 0.6 is 0 Å². The zero-order chi connectivity index (χ0) is 20.1. The van der Waals surface area contributed by atoms with Gasteiger partial charge in [-0.1, -0.05) is 43.5 Å². The second kappa shape index (κ2) is 9.16. The zero-order valence-corrected chi connectivity index (χ0v) is 16.7. The zero-order valence-electron chi connectivity index (χ0n) is 16.7. The summed E-state index contributed by atoms with van der Waals surface area (Å²) in [5, 5.41) is 8.07. The second-order valence-electron chi connectivity index (χ2n) is 7.93. The van der Waals surface area contributed by atoms with Crippen molar-refractivity contribution in [3.63, 3.8) is 0 Å². The van der Waals surface area contributed by atoms with Crippen LogP contribution in [-0.4, -0.2) is 41.6 Å². The first-order chi connectivity index (χ1) is 14.2. The molecule has 0 amide bonds. The van der Waals surface area contributed by atoms with Gasteiger partial charge in [-0.25, -0.2) is 4.79 Å². The van der Waals surface area contributed by atoms with Crippen LogP contribution in [0.5, 0.6) is 0 Å². The standard InChI is InChI=1S/C23H27N3O3/c27-21(19-10-8-18(9-11-19)17-6-2-1-3-7-17)16-29-23(28)20-12-13-22(25-24-20)26-14-4-5-15-26/h8-13,17H,1-7,14-16H2. The predicted molar refractivity (Wildman–Crippen MR) is 110 cm³/mol. The van der Waals surface area contributed by atoms with Crippen LogP contribution in [-0.2, 0) is 4.74 Å². The van der Waals surface area contributed by atoms with Crippen molar-refractivity contribution in [2.45, 2.75) is 50.9 Å². The van der Waals surface area contributed by atoms with Gasteiger partial charge >= 0.3 is 5.97 Å². The van der Waals surface area contributed by atoms with Crippen molar-refractivity contribution in [1.29, 1.82) is 0 Å². The van der Waals surface area contributed by atoms with Crippen LogP contribution in [0.25, 0.3) is 0 Å². The molecule has 0 spiro atoms. The van der Waals surface area contributed by atoms with Gasteiger partial charge in [-0.3, -0.25) is 4.79 Å². The molecule has 1 aromatic carbocycles. The molecule has 0 radical (unpaired) electrons. The van der Waals surface area contributed by atoms with Gasteiger partial charge in [0.25, 0.3) is 0 Å². The Morgan fingerprint density at radius 3 is 2.28 bits per heavy atom. The number of Topliss-reactive ketones (excluding diaryl/α,β-unsaturated/α-hetero) is 1. The molecule has 1 saturated heterocycles. The molecular weight excluding hydrogens is 366 g/mol. The monoisotopic (exact) mass is 393 g/mol. The number of carbonyl (C=O) groups excluding carboxylic acids is 2. The highest BCUT2D eigenvalue weighted by Crippen LogP contribution is 2.32. The maximum atomic E-state index is 12.4. The van der Waals surface area contributed by atoms with E-state index in [1.54, 1.807) is 12.1 Å². The van der Waals surface area contributed by atoms with Crippen molar-refractivity contribution in [2.24, 2.45) is 0 Å². The quantitative estimate of drug-likeness (QED) is 0.542. The molecule has 1 aliphatic carbocycles. The molecule has 2 heterocycles. The lowest BCUT2D eigenvalue weighted by Crippen LogP contribution is -2.20. The Kier molecular flexibility index (Phi) is 6.17. The van der Waals surface area contributed by atoms with E-state index in [2.05, 4.69) is 15.1 Å². The summed E-state index contributed by atoms with van der Waals surface area (Å²) < 4.78 is 5.15. The maximum Gasteiger partial charge on any atom is 0.359 e. The highest BCUT2D eigenvalue weighted by molar-refractivity contribution is 5.99. The lowest BCUT2D eigenvalue weighted by Gasteiger charge is -2.22. The minimum absolute atomic E-state index is 0.119. The number of aromatic nitrogens is 2. The molecule has 0 bridgehead atoms. The van der Waals surface area contributed by atoms with Gasteiger partial charge < -0.3 is 9.64 Å². The van der Waals surface area contributed by atoms with E-state index in [4.69, 9.17) is 4.74 Å². The third kappa shape index (κ3) is 4.81. The van der Waals surface area contributed by atoms with Crippen LogP contribution in [0.2, 0.25) is 0 Å². The fourth-order valence-electron chi connectivity index (χ4n) is 4.21. The molecule has 2 fully saturated rings. The second-order valence-corrected chi connectivity index (χ2v) is 7.93. The molecule has 152 valence electrons. The Balaban J connectivity index is 1.30. The summed E-state index contributed by atoms with van der Waals surface area (Å²) in [5.41, 5.74) is 1.98. The lowest BCUT2D eigenvalue weighted by molar-refractivity contribution is 0.0468. The van der Waals surface area contributed by atoms with E-state index >= 15 is 0 Å². The van der Waals surface area contributed by atoms with Crippen LogP contribution in [0.3, 0.4) is 0 Å². The molecule has 0 atom stereocenters. The van der Waals surface area contributed by atoms with Gasteiger partial charge in [-0.2, -0.15) is 0 Å². The molecule has 2 aliphatic rings. The Bertz CT molecular complexity index is 837. The summed E-state index contributed by atoms with van der Waals surface area (Å²) >= 11 is 0. The molecule has 6 heteroatoms. The number of rotatable bonds is 6. The molecule has 6 nitrogen and oxygen atoms in total. The number of ketones is 1. The number of hydrogen-bond acceptors (Lipinski definition) is 6. The Morgan fingerprint density at radius 1 is 0.897 bits per heavy atom. The van der Waals surface area contributed by atoms with Crippen molar-refractivity contribution in [3.8, 4) is 0 Å². The highest BCUT2D eigenvalue weighted by Gasteiger charge is 2.18. The molecule has 1 aliphatic heterocycles. The van der Waals surface area contributed by atoms with Crippen molar-refractivity contribution in [2.75, 3.05) is 24.6 Å². The van der Waals surface area contributed by atoms with Crippen molar-refractivity contribution in [3.05, 3.63) is 53.2 Å². The number of benzene rings is 1. The van der Waals surface area contributed by atoms with Gasteiger partial charge in [0.1, 0.15) is 0 Å². The summed E-state index contributed by atoms with van der Waals surface area (Å²) in [6, 6.07) is 11.1. The minimum atomic E-state index is -0.627. The number of carbonyl (C=O) groups is 2. The molecule has 4 rings (SSSR count). The first-order valence-corrected chi connectivity index (χ1v) is 10.6. The topological polar surface area (TPSA) is 72.4 Å². The number of esters is 1. The van der Waals surface area contributed by atoms with E-state index in [1.165, 1.54) is 37.7 Å². The maximum absolute atomic E-state index is 12.4. The average molecular weight is 393 g/mol. The third-order valence-electron chi connectivity index (χ3n) is 5.93. The van der Waals surface area contributed by atoms with Crippen LogP contribution in [0.1, 0.15) is 77.3 Å². The van der Waals surface area contributed by atoms with E-state index in [9.17, 15) is 9.59 Å². The first-order valence-electron chi connectivity index (χ1n) is 10.6. The fourth-order valence-corrected chi connectivity index (χ4v) is 4.21. The number of nitrogens with zero attached hydrogens (tertiary/aromatic N) is 3.